The van der Waals surface area contributed by atoms with Crippen LogP contribution in [0, 0.1) is 17.5 Å². The Bertz CT molecular complexity index is 401. The van der Waals surface area contributed by atoms with Gasteiger partial charge in [-0.3, -0.25) is 0 Å². The molecule has 0 spiro atoms. The first-order valence-corrected chi connectivity index (χ1v) is 4.99. The fourth-order valence-electron chi connectivity index (χ4n) is 0.790. The molecule has 0 aliphatic rings. The largest absolute Gasteiger partial charge is 0.446 e. The Hall–Kier alpha value is -0.270. The summed E-state index contributed by atoms with van der Waals surface area (Å²) in [6, 6.07) is 0. The highest BCUT2D eigenvalue weighted by atomic mass is 35.5. The number of thioether (sulfide) groups is 1. The average Bonchev–Trinajstić information content (AvgIpc) is 2.17. The second kappa shape index (κ2) is 4.54. The summed E-state index contributed by atoms with van der Waals surface area (Å²) in [5, 5.41) is -2.18. The van der Waals surface area contributed by atoms with Gasteiger partial charge in [-0.15, -0.1) is 0 Å². The van der Waals surface area contributed by atoms with Gasteiger partial charge < -0.3 is 0 Å². The molecule has 9 heteroatoms. The molecule has 16 heavy (non-hydrogen) atoms. The molecule has 0 amide bonds. The van der Waals surface area contributed by atoms with Gasteiger partial charge in [0.1, 0.15) is 5.02 Å². The van der Waals surface area contributed by atoms with Crippen LogP contribution in [0.1, 0.15) is 0 Å². The zero-order valence-corrected chi connectivity index (χ0v) is 9.26. The number of halogens is 8. The van der Waals surface area contributed by atoms with Crippen molar-refractivity contribution in [1.82, 2.24) is 0 Å². The third-order valence-corrected chi connectivity index (χ3v) is 2.99. The van der Waals surface area contributed by atoms with Crippen molar-refractivity contribution in [2.45, 2.75) is 10.4 Å². The van der Waals surface area contributed by atoms with Crippen molar-refractivity contribution in [3.05, 3.63) is 27.5 Å². The Labute approximate surface area is 99.5 Å². The number of benzene rings is 1. The average molecular weight is 301 g/mol. The van der Waals surface area contributed by atoms with E-state index in [1.54, 1.807) is 0 Å². The second-order valence-electron chi connectivity index (χ2n) is 2.45. The van der Waals surface area contributed by atoms with E-state index in [4.69, 9.17) is 23.2 Å². The van der Waals surface area contributed by atoms with E-state index in [2.05, 4.69) is 0 Å². The van der Waals surface area contributed by atoms with Gasteiger partial charge in [-0.1, -0.05) is 23.2 Å². The van der Waals surface area contributed by atoms with Crippen LogP contribution in [0.5, 0.6) is 0 Å². The van der Waals surface area contributed by atoms with Crippen molar-refractivity contribution >= 4 is 35.0 Å². The maximum Gasteiger partial charge on any atom is 0.446 e. The second-order valence-corrected chi connectivity index (χ2v) is 4.28. The quantitative estimate of drug-likeness (QED) is 0.304. The lowest BCUT2D eigenvalue weighted by Gasteiger charge is -2.10. The Balaban J connectivity index is 3.40. The number of rotatable bonds is 1. The van der Waals surface area contributed by atoms with Crippen molar-refractivity contribution < 1.29 is 26.3 Å². The summed E-state index contributed by atoms with van der Waals surface area (Å²) in [6.45, 7) is 0. The van der Waals surface area contributed by atoms with Crippen molar-refractivity contribution in [3.8, 4) is 0 Å². The van der Waals surface area contributed by atoms with Crippen LogP contribution >= 0.6 is 35.0 Å². The highest BCUT2D eigenvalue weighted by Gasteiger charge is 2.35. The normalized spacial score (nSPS) is 12.0. The summed E-state index contributed by atoms with van der Waals surface area (Å²) >= 11 is 9.01. The molecule has 0 radical (unpaired) electrons. The Morgan fingerprint density at radius 3 is 1.69 bits per heavy atom. The predicted molar refractivity (Wildman–Crippen MR) is 48.2 cm³/mol. The van der Waals surface area contributed by atoms with E-state index >= 15 is 0 Å². The van der Waals surface area contributed by atoms with Gasteiger partial charge in [-0.25, -0.2) is 13.2 Å². The van der Waals surface area contributed by atoms with Crippen LogP contribution in [0.15, 0.2) is 4.90 Å². The van der Waals surface area contributed by atoms with Gasteiger partial charge in [0, 0.05) is 0 Å². The van der Waals surface area contributed by atoms with Gasteiger partial charge in [-0.05, 0) is 11.8 Å². The fraction of sp³-hybridized carbons (Fsp3) is 0.143. The summed E-state index contributed by atoms with van der Waals surface area (Å²) in [4.78, 5) is -1.57. The Morgan fingerprint density at radius 2 is 1.25 bits per heavy atom. The van der Waals surface area contributed by atoms with Gasteiger partial charge >= 0.3 is 5.51 Å². The number of hydrogen-bond acceptors (Lipinski definition) is 1. The third-order valence-electron chi connectivity index (χ3n) is 1.39. The molecule has 0 atom stereocenters. The molecule has 1 aromatic carbocycles. The highest BCUT2D eigenvalue weighted by Crippen LogP contribution is 2.43. The SMILES string of the molecule is Fc1c(F)c(SC(F)(F)F)c(F)c(Cl)c1Cl. The lowest BCUT2D eigenvalue weighted by Crippen LogP contribution is -2.04. The molecule has 0 fully saturated rings. The number of alkyl halides is 3. The maximum absolute atomic E-state index is 13.1. The van der Waals surface area contributed by atoms with Crippen molar-refractivity contribution in [1.29, 1.82) is 0 Å². The summed E-state index contributed by atoms with van der Waals surface area (Å²) in [7, 11) is 0. The predicted octanol–water partition coefficient (Wildman–Crippen LogP) is 5.02. The summed E-state index contributed by atoms with van der Waals surface area (Å²) < 4.78 is 74.6. The molecule has 0 bridgehead atoms. The zero-order valence-electron chi connectivity index (χ0n) is 6.93. The van der Waals surface area contributed by atoms with Gasteiger partial charge in [0.25, 0.3) is 0 Å². The molecule has 0 saturated carbocycles. The molecule has 1 aromatic rings. The summed E-state index contributed by atoms with van der Waals surface area (Å²) in [6.07, 6.45) is 0. The van der Waals surface area contributed by atoms with E-state index in [0.717, 1.165) is 0 Å². The number of hydrogen-bond donors (Lipinski definition) is 0. The van der Waals surface area contributed by atoms with E-state index in [-0.39, 0.29) is 0 Å². The van der Waals surface area contributed by atoms with Crippen LogP contribution in [-0.4, -0.2) is 5.51 Å². The zero-order chi connectivity index (χ0) is 12.7. The van der Waals surface area contributed by atoms with E-state index < -0.39 is 49.7 Å². The van der Waals surface area contributed by atoms with E-state index in [1.807, 2.05) is 0 Å². The monoisotopic (exact) mass is 300 g/mol. The topological polar surface area (TPSA) is 0 Å². The van der Waals surface area contributed by atoms with Crippen LogP contribution in [-0.2, 0) is 0 Å². The van der Waals surface area contributed by atoms with Crippen LogP contribution < -0.4 is 0 Å². The molecule has 0 saturated heterocycles. The van der Waals surface area contributed by atoms with Crippen LogP contribution in [0.2, 0.25) is 10.0 Å². The van der Waals surface area contributed by atoms with Gasteiger partial charge in [0.05, 0.1) is 9.92 Å². The van der Waals surface area contributed by atoms with E-state index in [9.17, 15) is 26.3 Å². The first-order valence-electron chi connectivity index (χ1n) is 3.42. The smallest absolute Gasteiger partial charge is 0.204 e. The molecule has 1 rings (SSSR count). The maximum atomic E-state index is 13.1. The van der Waals surface area contributed by atoms with Gasteiger partial charge in [0.15, 0.2) is 17.5 Å². The lowest BCUT2D eigenvalue weighted by molar-refractivity contribution is -0.0330. The van der Waals surface area contributed by atoms with Crippen molar-refractivity contribution in [2.24, 2.45) is 0 Å². The van der Waals surface area contributed by atoms with Crippen LogP contribution in [0.3, 0.4) is 0 Å². The van der Waals surface area contributed by atoms with Crippen LogP contribution in [0.4, 0.5) is 26.3 Å². The highest BCUT2D eigenvalue weighted by molar-refractivity contribution is 8.00. The molecule has 0 aliphatic carbocycles. The molecule has 0 aliphatic heterocycles. The first-order chi connectivity index (χ1) is 7.15. The molecule has 90 valence electrons. The van der Waals surface area contributed by atoms with E-state index in [0.29, 0.717) is 0 Å². The molecular formula is C7Cl2F6S. The van der Waals surface area contributed by atoms with E-state index in [1.165, 1.54) is 0 Å². The summed E-state index contributed by atoms with van der Waals surface area (Å²) in [5.41, 5.74) is -4.97. The lowest BCUT2D eigenvalue weighted by atomic mass is 10.3. The molecule has 0 N–H and O–H groups in total. The minimum atomic E-state index is -4.97. The molecule has 0 unspecified atom stereocenters. The van der Waals surface area contributed by atoms with Gasteiger partial charge in [-0.2, -0.15) is 13.2 Å². The minimum absolute atomic E-state index is 1.09. The first kappa shape index (κ1) is 13.8. The molecule has 0 aromatic heterocycles. The standard InChI is InChI=1S/C7Cl2F6S/c8-1-2(9)4(11)6(5(12)3(1)10)16-7(13,14)15. The van der Waals surface area contributed by atoms with Gasteiger partial charge in [0.2, 0.25) is 0 Å². The van der Waals surface area contributed by atoms with Crippen molar-refractivity contribution in [2.75, 3.05) is 0 Å². The fourth-order valence-corrected chi connectivity index (χ4v) is 1.79. The third kappa shape index (κ3) is 2.70. The molecule has 0 heterocycles. The molecular weight excluding hydrogens is 301 g/mol. The minimum Gasteiger partial charge on any atom is -0.204 e. The van der Waals surface area contributed by atoms with Crippen molar-refractivity contribution in [3.63, 3.8) is 0 Å². The Kier molecular flexibility index (Phi) is 3.91. The Morgan fingerprint density at radius 1 is 0.812 bits per heavy atom. The van der Waals surface area contributed by atoms with Crippen LogP contribution in [0.25, 0.3) is 0 Å². The summed E-state index contributed by atoms with van der Waals surface area (Å²) in [5.74, 6) is -5.58. The molecule has 0 nitrogen and oxygen atoms in total.